The minimum absolute atomic E-state index is 0.395. The van der Waals surface area contributed by atoms with E-state index in [0.717, 1.165) is 34.1 Å². The van der Waals surface area contributed by atoms with E-state index in [2.05, 4.69) is 65.7 Å². The van der Waals surface area contributed by atoms with Crippen molar-refractivity contribution in [2.24, 2.45) is 5.92 Å². The van der Waals surface area contributed by atoms with E-state index in [0.29, 0.717) is 23.5 Å². The van der Waals surface area contributed by atoms with Crippen LogP contribution in [0.25, 0.3) is 11.1 Å². The Hall–Kier alpha value is -1.67. The third-order valence-corrected chi connectivity index (χ3v) is 7.79. The molecule has 0 bridgehead atoms. The number of hydrogen-bond donors (Lipinski definition) is 2. The van der Waals surface area contributed by atoms with Crippen LogP contribution in [-0.4, -0.2) is 42.4 Å². The summed E-state index contributed by atoms with van der Waals surface area (Å²) in [7, 11) is 1.04. The maximum absolute atomic E-state index is 10.2. The molecule has 4 heteroatoms. The zero-order chi connectivity index (χ0) is 20.9. The van der Waals surface area contributed by atoms with Crippen LogP contribution in [0.2, 0.25) is 0 Å². The van der Waals surface area contributed by atoms with Crippen molar-refractivity contribution in [3.05, 3.63) is 54.1 Å². The number of anilines is 1. The van der Waals surface area contributed by atoms with Crippen LogP contribution in [0.15, 0.2) is 48.5 Å². The second kappa shape index (κ2) is 10.1. The van der Waals surface area contributed by atoms with E-state index in [1.807, 2.05) is 6.66 Å². The fourth-order valence-corrected chi connectivity index (χ4v) is 5.87. The number of rotatable bonds is 5. The third kappa shape index (κ3) is 4.97. The first-order chi connectivity index (χ1) is 14.7. The van der Waals surface area contributed by atoms with Gasteiger partial charge >= 0.3 is 0 Å². The van der Waals surface area contributed by atoms with Crippen LogP contribution in [0.1, 0.15) is 44.1 Å². The summed E-state index contributed by atoms with van der Waals surface area (Å²) in [6.45, 7) is 6.52. The Morgan fingerprint density at radius 2 is 1.73 bits per heavy atom. The highest BCUT2D eigenvalue weighted by Gasteiger charge is 2.28. The molecule has 4 rings (SSSR count). The predicted octanol–water partition coefficient (Wildman–Crippen LogP) is 5.86. The monoisotopic (exact) mass is 422 g/mol. The van der Waals surface area contributed by atoms with E-state index in [9.17, 15) is 5.11 Å². The lowest BCUT2D eigenvalue weighted by Crippen LogP contribution is -2.48. The molecule has 1 saturated carbocycles. The summed E-state index contributed by atoms with van der Waals surface area (Å²) in [6, 6.07) is 18.6. The van der Waals surface area contributed by atoms with Gasteiger partial charge < -0.3 is 15.3 Å². The quantitative estimate of drug-likeness (QED) is 0.593. The summed E-state index contributed by atoms with van der Waals surface area (Å²) in [4.78, 5) is 2.57. The Morgan fingerprint density at radius 1 is 0.967 bits per heavy atom. The molecule has 0 amide bonds. The molecule has 30 heavy (non-hydrogen) atoms. The maximum Gasteiger partial charge on any atom is 0.0737 e. The second-order valence-electron chi connectivity index (χ2n) is 8.89. The molecule has 2 aromatic carbocycles. The van der Waals surface area contributed by atoms with Gasteiger partial charge in [0.05, 0.1) is 5.48 Å². The normalized spacial score (nSPS) is 23.6. The van der Waals surface area contributed by atoms with Gasteiger partial charge in [0.2, 0.25) is 0 Å². The maximum atomic E-state index is 10.2. The average Bonchev–Trinajstić information content (AvgIpc) is 2.80. The lowest BCUT2D eigenvalue weighted by atomic mass is 9.85. The Labute approximate surface area is 183 Å². The van der Waals surface area contributed by atoms with E-state index in [4.69, 9.17) is 0 Å². The van der Waals surface area contributed by atoms with Gasteiger partial charge in [0.25, 0.3) is 0 Å². The SMILES string of the molecule is C/P=C(/O)C1CCCC(NC2CCN(c3cccc(-c4ccccc4)c3C)CC2)C1. The highest BCUT2D eigenvalue weighted by molar-refractivity contribution is 7.39. The van der Waals surface area contributed by atoms with Crippen molar-refractivity contribution in [1.82, 2.24) is 5.32 Å². The molecule has 0 radical (unpaired) electrons. The van der Waals surface area contributed by atoms with Crippen LogP contribution >= 0.6 is 8.20 Å². The predicted molar refractivity (Wildman–Crippen MR) is 131 cm³/mol. The van der Waals surface area contributed by atoms with Crippen LogP contribution in [0.3, 0.4) is 0 Å². The molecule has 0 spiro atoms. The van der Waals surface area contributed by atoms with Crippen LogP contribution in [0.4, 0.5) is 5.69 Å². The molecule has 2 aromatic rings. The van der Waals surface area contributed by atoms with Gasteiger partial charge in [-0.25, -0.2) is 0 Å². The van der Waals surface area contributed by atoms with Gasteiger partial charge in [-0.3, -0.25) is 0 Å². The van der Waals surface area contributed by atoms with Gasteiger partial charge in [0, 0.05) is 36.8 Å². The highest BCUT2D eigenvalue weighted by Crippen LogP contribution is 2.33. The van der Waals surface area contributed by atoms with Crippen molar-refractivity contribution < 1.29 is 5.11 Å². The van der Waals surface area contributed by atoms with Crippen LogP contribution in [0, 0.1) is 12.8 Å². The van der Waals surface area contributed by atoms with Gasteiger partial charge in [-0.1, -0.05) is 57.1 Å². The second-order valence-corrected chi connectivity index (χ2v) is 9.79. The van der Waals surface area contributed by atoms with Crippen molar-refractivity contribution in [1.29, 1.82) is 0 Å². The minimum atomic E-state index is 0.395. The number of nitrogens with zero attached hydrogens (tertiary/aromatic N) is 1. The smallest absolute Gasteiger partial charge is 0.0737 e. The molecule has 1 aliphatic heterocycles. The summed E-state index contributed by atoms with van der Waals surface area (Å²) in [5.74, 6) is 0.395. The lowest BCUT2D eigenvalue weighted by Gasteiger charge is -2.38. The van der Waals surface area contributed by atoms with Crippen molar-refractivity contribution in [3.8, 4) is 11.1 Å². The largest absolute Gasteiger partial charge is 0.371 e. The van der Waals surface area contributed by atoms with Gasteiger partial charge in [-0.2, -0.15) is 0 Å². The van der Waals surface area contributed by atoms with Crippen molar-refractivity contribution in [2.75, 3.05) is 24.7 Å². The number of hydrogen-bond acceptors (Lipinski definition) is 2. The molecule has 2 N–H and O–H groups in total. The number of nitrogens with one attached hydrogen (secondary N) is 1. The van der Waals surface area contributed by atoms with E-state index in [1.54, 1.807) is 0 Å². The van der Waals surface area contributed by atoms with Crippen molar-refractivity contribution in [3.63, 3.8) is 0 Å². The topological polar surface area (TPSA) is 35.5 Å². The summed E-state index contributed by atoms with van der Waals surface area (Å²) in [5, 5.41) is 14.1. The number of piperidine rings is 1. The molecule has 3 nitrogen and oxygen atoms in total. The zero-order valence-electron chi connectivity index (χ0n) is 18.3. The van der Waals surface area contributed by atoms with Crippen molar-refractivity contribution in [2.45, 2.75) is 57.5 Å². The molecule has 160 valence electrons. The molecular formula is C26H35N2OP. The molecule has 2 atom stereocenters. The van der Waals surface area contributed by atoms with Gasteiger partial charge in [-0.15, -0.1) is 0 Å². The Balaban J connectivity index is 1.36. The number of aliphatic hydroxyl groups is 1. The van der Waals surface area contributed by atoms with E-state index >= 15 is 0 Å². The molecule has 1 aliphatic carbocycles. The molecule has 0 aromatic heterocycles. The average molecular weight is 423 g/mol. The van der Waals surface area contributed by atoms with Crippen LogP contribution in [0.5, 0.6) is 0 Å². The number of aliphatic hydroxyl groups excluding tert-OH is 1. The molecule has 2 fully saturated rings. The Kier molecular flexibility index (Phi) is 7.25. The van der Waals surface area contributed by atoms with Gasteiger partial charge in [-0.05, 0) is 68.4 Å². The molecular weight excluding hydrogens is 387 g/mol. The van der Waals surface area contributed by atoms with Crippen molar-refractivity contribution >= 4 is 19.4 Å². The molecule has 2 aliphatic rings. The highest BCUT2D eigenvalue weighted by atomic mass is 31.1. The standard InChI is InChI=1S/C26H35N2OP/c1-19-24(20-8-4-3-5-9-20)12-7-13-25(19)28-16-14-22(15-17-28)27-23-11-6-10-21(18-23)26(29)30-2/h3-5,7-9,12-13,21-23,27,29H,6,10-11,14-18H2,1-2H3. The lowest BCUT2D eigenvalue weighted by molar-refractivity contribution is 0.275. The van der Waals surface area contributed by atoms with E-state index < -0.39 is 0 Å². The van der Waals surface area contributed by atoms with Crippen LogP contribution in [-0.2, 0) is 0 Å². The first-order valence-electron chi connectivity index (χ1n) is 11.5. The van der Waals surface area contributed by atoms with Gasteiger partial charge in [0.1, 0.15) is 0 Å². The fourth-order valence-electron chi connectivity index (χ4n) is 5.28. The van der Waals surface area contributed by atoms with Gasteiger partial charge in [0.15, 0.2) is 0 Å². The first-order valence-corrected chi connectivity index (χ1v) is 12.8. The van der Waals surface area contributed by atoms with E-state index in [1.165, 1.54) is 48.1 Å². The van der Waals surface area contributed by atoms with Crippen LogP contribution < -0.4 is 10.2 Å². The zero-order valence-corrected chi connectivity index (χ0v) is 19.2. The molecule has 1 heterocycles. The minimum Gasteiger partial charge on any atom is -0.371 e. The summed E-state index contributed by atoms with van der Waals surface area (Å²) in [5.41, 5.74) is 6.09. The fraction of sp³-hybridized carbons (Fsp3) is 0.500. The summed E-state index contributed by atoms with van der Waals surface area (Å²) in [6.07, 6.45) is 7.12. The molecule has 2 unspecified atom stereocenters. The number of benzene rings is 2. The summed E-state index contributed by atoms with van der Waals surface area (Å²) >= 11 is 0. The molecule has 1 saturated heterocycles. The first kappa shape index (κ1) is 21.6. The summed E-state index contributed by atoms with van der Waals surface area (Å²) < 4.78 is 0. The van der Waals surface area contributed by atoms with E-state index in [-0.39, 0.29) is 0 Å². The Bertz CT molecular complexity index is 859. The third-order valence-electron chi connectivity index (χ3n) is 6.97. The Morgan fingerprint density at radius 3 is 2.47 bits per heavy atom.